The zero-order valence-corrected chi connectivity index (χ0v) is 13.8. The maximum absolute atomic E-state index is 12.5. The van der Waals surface area contributed by atoms with Crippen LogP contribution in [0.3, 0.4) is 0 Å². The lowest BCUT2D eigenvalue weighted by molar-refractivity contribution is -0.138. The lowest BCUT2D eigenvalue weighted by Gasteiger charge is -2.27. The van der Waals surface area contributed by atoms with Crippen LogP contribution in [0.1, 0.15) is 19.8 Å². The molecule has 21 heavy (non-hydrogen) atoms. The maximum Gasteiger partial charge on any atom is 0.263 e. The minimum Gasteiger partial charge on any atom is -0.481 e. The summed E-state index contributed by atoms with van der Waals surface area (Å²) in [5, 5.41) is 3.16. The number of nitrogens with zero attached hydrogens (tertiary/aromatic N) is 1. The molecule has 0 radical (unpaired) electrons. The number of ether oxygens (including phenoxy) is 1. The fourth-order valence-corrected chi connectivity index (χ4v) is 3.12. The van der Waals surface area contributed by atoms with Gasteiger partial charge in [-0.05, 0) is 57.3 Å². The number of nitrogens with one attached hydrogen (secondary N) is 1. The molecule has 0 aromatic heterocycles. The molecule has 0 spiro atoms. The number of carbonyl (C=O) groups is 1. The van der Waals surface area contributed by atoms with Crippen molar-refractivity contribution in [3.8, 4) is 5.75 Å². The second-order valence-corrected chi connectivity index (χ2v) is 6.20. The minimum absolute atomic E-state index is 0.0849. The van der Waals surface area contributed by atoms with Crippen molar-refractivity contribution in [3.63, 3.8) is 0 Å². The highest BCUT2D eigenvalue weighted by Crippen LogP contribution is 2.22. The van der Waals surface area contributed by atoms with Crippen LogP contribution in [0, 0.1) is 0 Å². The Kier molecular flexibility index (Phi) is 5.94. The van der Waals surface area contributed by atoms with E-state index in [1.54, 1.807) is 11.8 Å². The van der Waals surface area contributed by atoms with Gasteiger partial charge in [-0.3, -0.25) is 4.79 Å². The molecule has 0 aliphatic carbocycles. The van der Waals surface area contributed by atoms with E-state index < -0.39 is 6.10 Å². The molecule has 2 atom stereocenters. The summed E-state index contributed by atoms with van der Waals surface area (Å²) in [6.45, 7) is 3.52. The van der Waals surface area contributed by atoms with Crippen LogP contribution >= 0.6 is 11.8 Å². The second kappa shape index (κ2) is 7.71. The molecule has 1 fully saturated rings. The Morgan fingerprint density at radius 2 is 2.19 bits per heavy atom. The number of likely N-dealkylation sites (N-methyl/N-ethyl adjacent to an activating group) is 1. The van der Waals surface area contributed by atoms with Crippen LogP contribution in [0.25, 0.3) is 0 Å². The van der Waals surface area contributed by atoms with Gasteiger partial charge in [0.2, 0.25) is 0 Å². The molecular weight excluding hydrogens is 284 g/mol. The third kappa shape index (κ3) is 4.14. The van der Waals surface area contributed by atoms with Crippen LogP contribution in [0.15, 0.2) is 29.2 Å². The quantitative estimate of drug-likeness (QED) is 0.819. The number of rotatable bonds is 6. The number of amides is 1. The molecule has 5 heteroatoms. The summed E-state index contributed by atoms with van der Waals surface area (Å²) in [7, 11) is 1.92. The molecule has 0 saturated carbocycles. The summed E-state index contributed by atoms with van der Waals surface area (Å²) in [6, 6.07) is 8.16. The van der Waals surface area contributed by atoms with Gasteiger partial charge in [-0.25, -0.2) is 0 Å². The number of thioether (sulfide) groups is 1. The van der Waals surface area contributed by atoms with Gasteiger partial charge in [-0.1, -0.05) is 0 Å². The second-order valence-electron chi connectivity index (χ2n) is 5.32. The van der Waals surface area contributed by atoms with Gasteiger partial charge in [0.05, 0.1) is 0 Å². The molecule has 1 aromatic carbocycles. The number of carbonyl (C=O) groups excluding carboxylic acids is 1. The van der Waals surface area contributed by atoms with Crippen LogP contribution in [-0.2, 0) is 4.79 Å². The van der Waals surface area contributed by atoms with Gasteiger partial charge in [0, 0.05) is 24.0 Å². The van der Waals surface area contributed by atoms with Crippen molar-refractivity contribution in [3.05, 3.63) is 24.3 Å². The van der Waals surface area contributed by atoms with Crippen LogP contribution < -0.4 is 10.1 Å². The third-order valence-electron chi connectivity index (χ3n) is 3.82. The van der Waals surface area contributed by atoms with Crippen molar-refractivity contribution in [2.75, 3.05) is 26.4 Å². The zero-order chi connectivity index (χ0) is 15.2. The summed E-state index contributed by atoms with van der Waals surface area (Å²) >= 11 is 1.69. The molecule has 116 valence electrons. The maximum atomic E-state index is 12.5. The molecule has 1 aromatic rings. The van der Waals surface area contributed by atoms with E-state index in [4.69, 9.17) is 4.74 Å². The van der Waals surface area contributed by atoms with Gasteiger partial charge >= 0.3 is 0 Å². The molecular formula is C16H24N2O2S. The average Bonchev–Trinajstić information content (AvgIpc) is 2.96. The number of hydrogen-bond donors (Lipinski definition) is 1. The van der Waals surface area contributed by atoms with Crippen molar-refractivity contribution in [2.45, 2.75) is 36.8 Å². The molecule has 1 heterocycles. The van der Waals surface area contributed by atoms with Crippen LogP contribution in [-0.4, -0.2) is 49.3 Å². The van der Waals surface area contributed by atoms with Crippen LogP contribution in [0.2, 0.25) is 0 Å². The molecule has 1 saturated heterocycles. The summed E-state index contributed by atoms with van der Waals surface area (Å²) in [5.74, 6) is 0.833. The first-order valence-corrected chi connectivity index (χ1v) is 8.64. The van der Waals surface area contributed by atoms with E-state index >= 15 is 0 Å². The summed E-state index contributed by atoms with van der Waals surface area (Å²) in [4.78, 5) is 15.7. The van der Waals surface area contributed by atoms with Gasteiger partial charge in [0.15, 0.2) is 6.10 Å². The fourth-order valence-electron chi connectivity index (χ4n) is 2.72. The van der Waals surface area contributed by atoms with Crippen LogP contribution in [0.4, 0.5) is 0 Å². The van der Waals surface area contributed by atoms with Crippen molar-refractivity contribution >= 4 is 17.7 Å². The first-order chi connectivity index (χ1) is 10.2. The SMILES string of the molecule is CNCC1CCCN1C(=O)C(C)Oc1ccc(SC)cc1. The van der Waals surface area contributed by atoms with E-state index in [1.165, 1.54) is 4.90 Å². The van der Waals surface area contributed by atoms with Gasteiger partial charge < -0.3 is 15.0 Å². The van der Waals surface area contributed by atoms with E-state index in [0.717, 1.165) is 31.7 Å². The number of likely N-dealkylation sites (tertiary alicyclic amines) is 1. The molecule has 1 aliphatic heterocycles. The average molecular weight is 308 g/mol. The van der Waals surface area contributed by atoms with Crippen molar-refractivity contribution in [2.24, 2.45) is 0 Å². The number of hydrogen-bond acceptors (Lipinski definition) is 4. The highest BCUT2D eigenvalue weighted by atomic mass is 32.2. The number of benzene rings is 1. The highest BCUT2D eigenvalue weighted by molar-refractivity contribution is 7.98. The monoisotopic (exact) mass is 308 g/mol. The Bertz CT molecular complexity index is 464. The smallest absolute Gasteiger partial charge is 0.263 e. The normalized spacial score (nSPS) is 19.6. The first-order valence-electron chi connectivity index (χ1n) is 7.41. The molecule has 4 nitrogen and oxygen atoms in total. The Morgan fingerprint density at radius 1 is 1.48 bits per heavy atom. The van der Waals surface area contributed by atoms with Crippen LogP contribution in [0.5, 0.6) is 5.75 Å². The predicted octanol–water partition coefficient (Wildman–Crippen LogP) is 2.39. The van der Waals surface area contributed by atoms with E-state index in [1.807, 2.05) is 49.4 Å². The fraction of sp³-hybridized carbons (Fsp3) is 0.562. The van der Waals surface area contributed by atoms with E-state index in [-0.39, 0.29) is 5.91 Å². The van der Waals surface area contributed by atoms with Crippen molar-refractivity contribution in [1.29, 1.82) is 0 Å². The van der Waals surface area contributed by atoms with Crippen molar-refractivity contribution < 1.29 is 9.53 Å². The molecule has 1 amide bonds. The Hall–Kier alpha value is -1.20. The van der Waals surface area contributed by atoms with Gasteiger partial charge in [0.1, 0.15) is 5.75 Å². The molecule has 0 bridgehead atoms. The Morgan fingerprint density at radius 3 is 2.81 bits per heavy atom. The topological polar surface area (TPSA) is 41.6 Å². The summed E-state index contributed by atoms with van der Waals surface area (Å²) in [6.07, 6.45) is 3.74. The lowest BCUT2D eigenvalue weighted by Crippen LogP contribution is -2.46. The first kappa shape index (κ1) is 16.2. The molecule has 1 N–H and O–H groups in total. The largest absolute Gasteiger partial charge is 0.481 e. The summed E-state index contributed by atoms with van der Waals surface area (Å²) < 4.78 is 5.79. The van der Waals surface area contributed by atoms with Gasteiger partial charge in [-0.15, -0.1) is 11.8 Å². The molecule has 2 unspecified atom stereocenters. The van der Waals surface area contributed by atoms with Crippen molar-refractivity contribution in [1.82, 2.24) is 10.2 Å². The zero-order valence-electron chi connectivity index (χ0n) is 13.0. The molecule has 2 rings (SSSR count). The van der Waals surface area contributed by atoms with Gasteiger partial charge in [-0.2, -0.15) is 0 Å². The van der Waals surface area contributed by atoms with E-state index in [2.05, 4.69) is 5.32 Å². The van der Waals surface area contributed by atoms with E-state index in [0.29, 0.717) is 6.04 Å². The highest BCUT2D eigenvalue weighted by Gasteiger charge is 2.31. The summed E-state index contributed by atoms with van der Waals surface area (Å²) in [5.41, 5.74) is 0. The third-order valence-corrected chi connectivity index (χ3v) is 4.56. The Balaban J connectivity index is 1.95. The lowest BCUT2D eigenvalue weighted by atomic mass is 10.2. The standard InChI is InChI=1S/C16H24N2O2S/c1-12(20-14-6-8-15(21-3)9-7-14)16(19)18-10-4-5-13(18)11-17-2/h6-9,12-13,17H,4-5,10-11H2,1-3H3. The van der Waals surface area contributed by atoms with Gasteiger partial charge in [0.25, 0.3) is 5.91 Å². The van der Waals surface area contributed by atoms with E-state index in [9.17, 15) is 4.79 Å². The molecule has 1 aliphatic rings. The minimum atomic E-state index is -0.442. The Labute approximate surface area is 131 Å². The predicted molar refractivity (Wildman–Crippen MR) is 87.0 cm³/mol.